The number of nitrogens with zero attached hydrogens (tertiary/aromatic N) is 3. The molecule has 1 saturated heterocycles. The number of hydrogen-bond donors (Lipinski definition) is 1. The highest BCUT2D eigenvalue weighted by molar-refractivity contribution is 7.90. The number of rotatable bonds is 10. The predicted octanol–water partition coefficient (Wildman–Crippen LogP) is 2.26. The summed E-state index contributed by atoms with van der Waals surface area (Å²) in [4.78, 5) is 17.2. The number of carbonyl (C=O) groups is 1. The van der Waals surface area contributed by atoms with Gasteiger partial charge in [0.1, 0.15) is 15.7 Å². The predicted molar refractivity (Wildman–Crippen MR) is 156 cm³/mol. The van der Waals surface area contributed by atoms with Gasteiger partial charge in [-0.25, -0.2) is 21.2 Å². The highest BCUT2D eigenvalue weighted by Crippen LogP contribution is 2.66. The molecule has 0 spiro atoms. The molecule has 1 aromatic rings. The molecule has 0 radical (unpaired) electrons. The number of aryl methyl sites for hydroxylation is 1. The van der Waals surface area contributed by atoms with Gasteiger partial charge in [0.25, 0.3) is 0 Å². The fourth-order valence-electron chi connectivity index (χ4n) is 7.39. The molecule has 3 fully saturated rings. The van der Waals surface area contributed by atoms with Gasteiger partial charge in [-0.1, -0.05) is 19.9 Å². The fourth-order valence-corrected chi connectivity index (χ4v) is 10.3. The number of benzene rings is 1. The first-order chi connectivity index (χ1) is 18.5. The topological polar surface area (TPSA) is 107 Å². The molecule has 1 N–H and O–H groups in total. The summed E-state index contributed by atoms with van der Waals surface area (Å²) in [6.45, 7) is 7.79. The first-order valence-corrected chi connectivity index (χ1v) is 17.8. The molecule has 2 aliphatic carbocycles. The normalized spacial score (nSPS) is 27.8. The van der Waals surface area contributed by atoms with E-state index < -0.39 is 31.3 Å². The second-order valence-electron chi connectivity index (χ2n) is 12.9. The monoisotopic (exact) mass is 600 g/mol. The number of nitrogens with one attached hydrogen (secondary N) is 1. The van der Waals surface area contributed by atoms with Crippen molar-refractivity contribution in [3.63, 3.8) is 0 Å². The SMILES string of the molecule is Cc1ccc(F)cc1N1CCN(S(=O)(=O)CC23CCC(CC2NC(=O)[C@H](CCS(C)(=O)=O)N(C)C)C3(C)C)CC1. The van der Waals surface area contributed by atoms with Crippen molar-refractivity contribution in [1.29, 1.82) is 0 Å². The van der Waals surface area contributed by atoms with Crippen LogP contribution < -0.4 is 10.2 Å². The fraction of sp³-hybridized carbons (Fsp3) is 0.750. The summed E-state index contributed by atoms with van der Waals surface area (Å²) in [5, 5.41) is 3.19. The van der Waals surface area contributed by atoms with E-state index in [0.29, 0.717) is 44.9 Å². The van der Waals surface area contributed by atoms with Crippen LogP contribution in [0, 0.1) is 29.5 Å². The zero-order chi connectivity index (χ0) is 29.7. The largest absolute Gasteiger partial charge is 0.369 e. The van der Waals surface area contributed by atoms with Gasteiger partial charge in [0.05, 0.1) is 17.5 Å². The van der Waals surface area contributed by atoms with Crippen LogP contribution in [0.15, 0.2) is 18.2 Å². The van der Waals surface area contributed by atoms with Gasteiger partial charge in [-0.2, -0.15) is 4.31 Å². The summed E-state index contributed by atoms with van der Waals surface area (Å²) in [6.07, 6.45) is 3.69. The van der Waals surface area contributed by atoms with E-state index in [1.54, 1.807) is 29.4 Å². The van der Waals surface area contributed by atoms with E-state index in [1.165, 1.54) is 12.1 Å². The minimum Gasteiger partial charge on any atom is -0.369 e. The summed E-state index contributed by atoms with van der Waals surface area (Å²) in [6, 6.07) is 3.74. The Labute approximate surface area is 239 Å². The Balaban J connectivity index is 1.49. The molecule has 3 unspecified atom stereocenters. The van der Waals surface area contributed by atoms with Crippen LogP contribution in [0.1, 0.15) is 45.1 Å². The molecule has 4 rings (SSSR count). The van der Waals surface area contributed by atoms with Crippen molar-refractivity contribution in [1.82, 2.24) is 14.5 Å². The van der Waals surface area contributed by atoms with Crippen LogP contribution in [0.5, 0.6) is 0 Å². The van der Waals surface area contributed by atoms with Crippen LogP contribution >= 0.6 is 0 Å². The Kier molecular flexibility index (Phi) is 8.69. The number of sulfonamides is 1. The van der Waals surface area contributed by atoms with Gasteiger partial charge in [0, 0.05) is 49.6 Å². The van der Waals surface area contributed by atoms with Crippen LogP contribution in [-0.4, -0.2) is 102 Å². The van der Waals surface area contributed by atoms with E-state index in [0.717, 1.165) is 23.9 Å². The van der Waals surface area contributed by atoms with Crippen molar-refractivity contribution in [2.75, 3.05) is 62.9 Å². The lowest BCUT2D eigenvalue weighted by Crippen LogP contribution is -2.58. The second kappa shape index (κ2) is 11.1. The molecule has 0 aromatic heterocycles. The Bertz CT molecular complexity index is 1330. The Hall–Kier alpha value is -1.76. The van der Waals surface area contributed by atoms with Gasteiger partial charge in [0.15, 0.2) is 0 Å². The maximum Gasteiger partial charge on any atom is 0.237 e. The molecule has 2 bridgehead atoms. The summed E-state index contributed by atoms with van der Waals surface area (Å²) in [5.74, 6) is -0.395. The van der Waals surface area contributed by atoms with E-state index in [4.69, 9.17) is 0 Å². The van der Waals surface area contributed by atoms with Crippen LogP contribution in [0.4, 0.5) is 10.1 Å². The number of amides is 1. The number of carbonyl (C=O) groups excluding carboxylic acids is 1. The summed E-state index contributed by atoms with van der Waals surface area (Å²) < 4.78 is 66.8. The average Bonchev–Trinajstić information content (AvgIpc) is 3.19. The molecular weight excluding hydrogens is 555 g/mol. The number of hydrogen-bond acceptors (Lipinski definition) is 7. The van der Waals surface area contributed by atoms with Gasteiger partial charge in [-0.3, -0.25) is 9.69 Å². The van der Waals surface area contributed by atoms with Crippen LogP contribution in [0.2, 0.25) is 0 Å². The Morgan fingerprint density at radius 1 is 1.15 bits per heavy atom. The van der Waals surface area contributed by atoms with Crippen LogP contribution in [-0.2, 0) is 24.7 Å². The van der Waals surface area contributed by atoms with Crippen molar-refractivity contribution in [2.24, 2.45) is 16.7 Å². The first kappa shape index (κ1) is 31.2. The Morgan fingerprint density at radius 2 is 1.80 bits per heavy atom. The van der Waals surface area contributed by atoms with Crippen molar-refractivity contribution in [2.45, 2.75) is 58.5 Å². The lowest BCUT2D eigenvalue weighted by Gasteiger charge is -2.45. The molecule has 1 aliphatic heterocycles. The molecule has 40 heavy (non-hydrogen) atoms. The quantitative estimate of drug-likeness (QED) is 0.439. The van der Waals surface area contributed by atoms with Gasteiger partial charge >= 0.3 is 0 Å². The molecule has 4 atom stereocenters. The minimum atomic E-state index is -3.65. The smallest absolute Gasteiger partial charge is 0.237 e. The van der Waals surface area contributed by atoms with Gasteiger partial charge < -0.3 is 10.2 Å². The third-order valence-electron chi connectivity index (χ3n) is 10.0. The molecule has 1 heterocycles. The average molecular weight is 601 g/mol. The number of piperazine rings is 1. The molecular formula is C28H45FN4O5S2. The number of fused-ring (bicyclic) bond motifs is 2. The molecule has 1 amide bonds. The highest BCUT2D eigenvalue weighted by Gasteiger charge is 2.66. The van der Waals surface area contributed by atoms with E-state index >= 15 is 0 Å². The first-order valence-electron chi connectivity index (χ1n) is 14.1. The number of sulfone groups is 1. The van der Waals surface area contributed by atoms with Crippen molar-refractivity contribution in [3.8, 4) is 0 Å². The van der Waals surface area contributed by atoms with E-state index in [1.807, 2.05) is 11.8 Å². The Morgan fingerprint density at radius 3 is 2.38 bits per heavy atom. The van der Waals surface area contributed by atoms with Crippen molar-refractivity contribution in [3.05, 3.63) is 29.6 Å². The summed E-state index contributed by atoms with van der Waals surface area (Å²) in [5.41, 5.74) is 0.849. The van der Waals surface area contributed by atoms with E-state index in [9.17, 15) is 26.0 Å². The summed E-state index contributed by atoms with van der Waals surface area (Å²) in [7, 11) is -3.37. The van der Waals surface area contributed by atoms with E-state index in [-0.39, 0.29) is 41.1 Å². The van der Waals surface area contributed by atoms with Gasteiger partial charge in [-0.05, 0) is 75.7 Å². The van der Waals surface area contributed by atoms with Crippen molar-refractivity contribution < 1.29 is 26.0 Å². The number of anilines is 1. The molecule has 226 valence electrons. The highest BCUT2D eigenvalue weighted by atomic mass is 32.2. The maximum absolute atomic E-state index is 13.9. The lowest BCUT2D eigenvalue weighted by molar-refractivity contribution is -0.127. The van der Waals surface area contributed by atoms with Crippen LogP contribution in [0.25, 0.3) is 0 Å². The molecule has 1 aromatic carbocycles. The van der Waals surface area contributed by atoms with Crippen LogP contribution in [0.3, 0.4) is 0 Å². The summed E-state index contributed by atoms with van der Waals surface area (Å²) >= 11 is 0. The van der Waals surface area contributed by atoms with Crippen molar-refractivity contribution >= 4 is 31.5 Å². The molecule has 12 heteroatoms. The minimum absolute atomic E-state index is 0.0383. The maximum atomic E-state index is 13.9. The van der Waals surface area contributed by atoms with Gasteiger partial charge in [-0.15, -0.1) is 0 Å². The third kappa shape index (κ3) is 6.05. The van der Waals surface area contributed by atoms with Gasteiger partial charge in [0.2, 0.25) is 15.9 Å². The third-order valence-corrected chi connectivity index (χ3v) is 13.0. The second-order valence-corrected chi connectivity index (χ2v) is 17.1. The standard InChI is InChI=1S/C28H45FN4O5S2/c1-20-7-8-22(29)18-24(20)32-12-14-33(15-13-32)40(37,38)19-28-11-9-21(27(28,2)3)17-25(28)30-26(34)23(31(4)5)10-16-39(6,35)36/h7-8,18,21,23,25H,9-17,19H2,1-6H3,(H,30,34)/t21?,23-,25?,28?/m0/s1. The number of likely N-dealkylation sites (N-methyl/N-ethyl adjacent to an activating group) is 1. The molecule has 9 nitrogen and oxygen atoms in total. The molecule has 2 saturated carbocycles. The zero-order valence-corrected chi connectivity index (χ0v) is 26.2. The van der Waals surface area contributed by atoms with E-state index in [2.05, 4.69) is 19.2 Å². The number of halogens is 1. The molecule has 3 aliphatic rings. The zero-order valence-electron chi connectivity index (χ0n) is 24.6. The lowest BCUT2D eigenvalue weighted by atomic mass is 9.69.